The fraction of sp³-hybridized carbons (Fsp3) is 0.0508. The lowest BCUT2D eigenvalue weighted by Crippen LogP contribution is -2.15. The molecule has 0 saturated heterocycles. The third kappa shape index (κ3) is 4.61. The van der Waals surface area contributed by atoms with Crippen LogP contribution in [0.3, 0.4) is 0 Å². The van der Waals surface area contributed by atoms with Crippen LogP contribution in [0.2, 0.25) is 0 Å². The molecule has 0 unspecified atom stereocenters. The SMILES string of the molecule is CC1(C)c2ccc(-c3ccc(-c4c5ccccc5c(-c5cccc6ccccc56)c5ccccc45)c4ccccc34)cc2-c2ccc3c(ccc4c5ccccc5sc34)c21. The van der Waals surface area contributed by atoms with Crippen molar-refractivity contribution in [1.82, 2.24) is 0 Å². The Labute approximate surface area is 352 Å². The first kappa shape index (κ1) is 33.9. The van der Waals surface area contributed by atoms with Gasteiger partial charge in [-0.1, -0.05) is 196 Å². The van der Waals surface area contributed by atoms with Gasteiger partial charge in [-0.05, 0) is 122 Å². The maximum absolute atomic E-state index is 2.47. The Bertz CT molecular complexity index is 3740. The zero-order valence-corrected chi connectivity index (χ0v) is 34.2. The molecule has 0 saturated carbocycles. The molecule has 0 atom stereocenters. The number of thiophene rings is 1. The molecule has 1 aromatic heterocycles. The molecule has 1 heterocycles. The van der Waals surface area contributed by atoms with Gasteiger partial charge in [-0.3, -0.25) is 0 Å². The molecule has 280 valence electrons. The van der Waals surface area contributed by atoms with E-state index in [-0.39, 0.29) is 5.41 Å². The second-order valence-corrected chi connectivity index (χ2v) is 18.1. The quantitative estimate of drug-likeness (QED) is 0.157. The van der Waals surface area contributed by atoms with Gasteiger partial charge in [-0.15, -0.1) is 11.3 Å². The van der Waals surface area contributed by atoms with Gasteiger partial charge < -0.3 is 0 Å². The van der Waals surface area contributed by atoms with Crippen molar-refractivity contribution in [3.63, 3.8) is 0 Å². The van der Waals surface area contributed by atoms with Crippen molar-refractivity contribution in [1.29, 1.82) is 0 Å². The van der Waals surface area contributed by atoms with Crippen LogP contribution in [0.5, 0.6) is 0 Å². The Morgan fingerprint density at radius 3 is 1.55 bits per heavy atom. The van der Waals surface area contributed by atoms with Crippen LogP contribution >= 0.6 is 11.3 Å². The molecule has 0 amide bonds. The van der Waals surface area contributed by atoms with Crippen LogP contribution in [0.1, 0.15) is 25.0 Å². The third-order valence-corrected chi connectivity index (χ3v) is 14.9. The summed E-state index contributed by atoms with van der Waals surface area (Å²) in [6.45, 7) is 4.83. The van der Waals surface area contributed by atoms with Gasteiger partial charge in [0, 0.05) is 25.6 Å². The van der Waals surface area contributed by atoms with Crippen LogP contribution < -0.4 is 0 Å². The summed E-state index contributed by atoms with van der Waals surface area (Å²) < 4.78 is 2.74. The maximum Gasteiger partial charge on any atom is 0.0433 e. The highest BCUT2D eigenvalue weighted by Crippen LogP contribution is 2.54. The number of hydrogen-bond donors (Lipinski definition) is 0. The van der Waals surface area contributed by atoms with Crippen molar-refractivity contribution in [3.8, 4) is 44.5 Å². The van der Waals surface area contributed by atoms with Gasteiger partial charge in [0.25, 0.3) is 0 Å². The summed E-state index contributed by atoms with van der Waals surface area (Å²) in [7, 11) is 0. The van der Waals surface area contributed by atoms with Gasteiger partial charge in [0.05, 0.1) is 0 Å². The van der Waals surface area contributed by atoms with E-state index in [4.69, 9.17) is 0 Å². The van der Waals surface area contributed by atoms with Crippen molar-refractivity contribution < 1.29 is 0 Å². The Balaban J connectivity index is 1.01. The van der Waals surface area contributed by atoms with Gasteiger partial charge >= 0.3 is 0 Å². The zero-order chi connectivity index (χ0) is 39.7. The Hall–Kier alpha value is -7.06. The van der Waals surface area contributed by atoms with E-state index in [1.54, 1.807) is 0 Å². The minimum atomic E-state index is -0.126. The van der Waals surface area contributed by atoms with Crippen LogP contribution in [0, 0.1) is 0 Å². The monoisotopic (exact) mass is 778 g/mol. The largest absolute Gasteiger partial charge is 0.135 e. The highest BCUT2D eigenvalue weighted by Gasteiger charge is 2.37. The average molecular weight is 779 g/mol. The maximum atomic E-state index is 2.47. The van der Waals surface area contributed by atoms with E-state index < -0.39 is 0 Å². The Morgan fingerprint density at radius 2 is 0.833 bits per heavy atom. The van der Waals surface area contributed by atoms with E-state index in [1.165, 1.54) is 130 Å². The van der Waals surface area contributed by atoms with Crippen LogP contribution in [-0.4, -0.2) is 0 Å². The molecule has 0 spiro atoms. The molecule has 13 rings (SSSR count). The van der Waals surface area contributed by atoms with Crippen molar-refractivity contribution in [2.45, 2.75) is 19.3 Å². The minimum absolute atomic E-state index is 0.126. The highest BCUT2D eigenvalue weighted by molar-refractivity contribution is 7.26. The van der Waals surface area contributed by atoms with Gasteiger partial charge in [0.1, 0.15) is 0 Å². The molecular weight excluding hydrogens is 741 g/mol. The van der Waals surface area contributed by atoms with Crippen LogP contribution in [0.4, 0.5) is 0 Å². The van der Waals surface area contributed by atoms with Crippen molar-refractivity contribution >= 4 is 85.4 Å². The molecule has 0 radical (unpaired) electrons. The molecule has 0 fully saturated rings. The number of rotatable bonds is 3. The lowest BCUT2D eigenvalue weighted by Gasteiger charge is -2.23. The molecule has 0 nitrogen and oxygen atoms in total. The molecule has 11 aromatic carbocycles. The Morgan fingerprint density at radius 1 is 0.333 bits per heavy atom. The van der Waals surface area contributed by atoms with Gasteiger partial charge in [0.2, 0.25) is 0 Å². The fourth-order valence-corrected chi connectivity index (χ4v) is 12.3. The van der Waals surface area contributed by atoms with Gasteiger partial charge in [-0.25, -0.2) is 0 Å². The van der Waals surface area contributed by atoms with Crippen LogP contribution in [0.25, 0.3) is 119 Å². The fourth-order valence-electron chi connectivity index (χ4n) is 11.0. The molecule has 60 heavy (non-hydrogen) atoms. The lowest BCUT2D eigenvalue weighted by molar-refractivity contribution is 0.666. The number of benzene rings is 11. The highest BCUT2D eigenvalue weighted by atomic mass is 32.1. The molecule has 0 bridgehead atoms. The van der Waals surface area contributed by atoms with Crippen LogP contribution in [0.15, 0.2) is 194 Å². The molecule has 0 N–H and O–H groups in total. The molecule has 1 aliphatic rings. The lowest BCUT2D eigenvalue weighted by atomic mass is 9.80. The summed E-state index contributed by atoms with van der Waals surface area (Å²) in [6, 6.07) is 72.9. The van der Waals surface area contributed by atoms with Crippen molar-refractivity contribution in [2.75, 3.05) is 0 Å². The average Bonchev–Trinajstić information content (AvgIpc) is 3.79. The summed E-state index contributed by atoms with van der Waals surface area (Å²) in [5.41, 5.74) is 13.1. The van der Waals surface area contributed by atoms with E-state index in [9.17, 15) is 0 Å². The molecule has 1 heteroatoms. The van der Waals surface area contributed by atoms with E-state index >= 15 is 0 Å². The van der Waals surface area contributed by atoms with E-state index in [2.05, 4.69) is 208 Å². The third-order valence-electron chi connectivity index (χ3n) is 13.6. The number of hydrogen-bond acceptors (Lipinski definition) is 1. The van der Waals surface area contributed by atoms with E-state index in [1.807, 2.05) is 11.3 Å². The van der Waals surface area contributed by atoms with E-state index in [0.717, 1.165) is 0 Å². The second-order valence-electron chi connectivity index (χ2n) is 17.1. The first-order valence-electron chi connectivity index (χ1n) is 21.0. The normalized spacial score (nSPS) is 13.3. The van der Waals surface area contributed by atoms with Gasteiger partial charge in [-0.2, -0.15) is 0 Å². The summed E-state index contributed by atoms with van der Waals surface area (Å²) in [6.07, 6.45) is 0. The topological polar surface area (TPSA) is 0 Å². The first-order chi connectivity index (χ1) is 29.5. The summed E-state index contributed by atoms with van der Waals surface area (Å²) in [5, 5.41) is 15.6. The first-order valence-corrected chi connectivity index (χ1v) is 21.8. The smallest absolute Gasteiger partial charge is 0.0433 e. The standard InChI is InChI=1S/C59H38S/c1-59(2)53-33-26-36(34-52(53)49-30-32-51-48(57(49)59)29-31-50-41-19-11-12-25-54(41)60-58(50)51)38-27-28-47(40-18-6-5-17-39(38)40)56-45-22-9-7-20-43(45)55(44-21-8-10-23-46(44)56)42-24-13-15-35-14-3-4-16-37(35)42/h3-34H,1-2H3. The van der Waals surface area contributed by atoms with Crippen LogP contribution in [-0.2, 0) is 5.41 Å². The van der Waals surface area contributed by atoms with Crippen molar-refractivity contribution in [2.24, 2.45) is 0 Å². The second kappa shape index (κ2) is 12.5. The van der Waals surface area contributed by atoms with E-state index in [0.29, 0.717) is 0 Å². The Kier molecular flexibility index (Phi) is 7.04. The summed E-state index contributed by atoms with van der Waals surface area (Å²) in [4.78, 5) is 0. The molecular formula is C59H38S. The summed E-state index contributed by atoms with van der Waals surface area (Å²) >= 11 is 1.92. The predicted molar refractivity (Wildman–Crippen MR) is 261 cm³/mol. The zero-order valence-electron chi connectivity index (χ0n) is 33.4. The minimum Gasteiger partial charge on any atom is -0.135 e. The number of fused-ring (bicyclic) bond motifs is 13. The summed E-state index contributed by atoms with van der Waals surface area (Å²) in [5.74, 6) is 0. The van der Waals surface area contributed by atoms with Crippen molar-refractivity contribution in [3.05, 3.63) is 205 Å². The molecule has 12 aromatic rings. The molecule has 0 aliphatic heterocycles. The molecule has 1 aliphatic carbocycles. The predicted octanol–water partition coefficient (Wildman–Crippen LogP) is 17.1. The van der Waals surface area contributed by atoms with Gasteiger partial charge in [0.15, 0.2) is 0 Å².